The normalized spacial score (nSPS) is 24.8. The lowest BCUT2D eigenvalue weighted by Crippen LogP contribution is -2.55. The Morgan fingerprint density at radius 2 is 1.70 bits per heavy atom. The Bertz CT molecular complexity index is 699. The number of carbonyl (C=O) groups is 2. The standard InChI is InChI=1S/C20H27FN4O2/c21-16-5-1-2-6-17(16)25-10-7-18(20(25)27)23-11-13-24(14-12-23)19(26)15-22-8-3-4-9-22/h1-2,5-6,18H,3-4,7-15H2. The minimum atomic E-state index is -0.358. The highest BCUT2D eigenvalue weighted by Gasteiger charge is 2.39. The molecular weight excluding hydrogens is 347 g/mol. The first-order valence-electron chi connectivity index (χ1n) is 9.93. The van der Waals surface area contributed by atoms with Crippen LogP contribution < -0.4 is 4.90 Å². The van der Waals surface area contributed by atoms with Gasteiger partial charge in [0.25, 0.3) is 0 Å². The zero-order valence-electron chi connectivity index (χ0n) is 15.6. The highest BCUT2D eigenvalue weighted by Crippen LogP contribution is 2.27. The molecule has 3 saturated heterocycles. The van der Waals surface area contributed by atoms with Gasteiger partial charge in [-0.3, -0.25) is 19.4 Å². The Hall–Kier alpha value is -1.99. The topological polar surface area (TPSA) is 47.1 Å². The first kappa shape index (κ1) is 18.4. The Balaban J connectivity index is 1.31. The van der Waals surface area contributed by atoms with Gasteiger partial charge < -0.3 is 9.80 Å². The maximum Gasteiger partial charge on any atom is 0.244 e. The summed E-state index contributed by atoms with van der Waals surface area (Å²) in [4.78, 5) is 33.2. The van der Waals surface area contributed by atoms with Gasteiger partial charge in [-0.25, -0.2) is 4.39 Å². The summed E-state index contributed by atoms with van der Waals surface area (Å²) in [6, 6.07) is 6.23. The van der Waals surface area contributed by atoms with Crippen molar-refractivity contribution in [3.63, 3.8) is 0 Å². The van der Waals surface area contributed by atoms with Crippen LogP contribution in [0.3, 0.4) is 0 Å². The zero-order chi connectivity index (χ0) is 18.8. The number of nitrogens with zero attached hydrogens (tertiary/aromatic N) is 4. The van der Waals surface area contributed by atoms with Gasteiger partial charge in [0.15, 0.2) is 0 Å². The number of benzene rings is 1. The highest BCUT2D eigenvalue weighted by molar-refractivity contribution is 5.99. The summed E-state index contributed by atoms with van der Waals surface area (Å²) in [5.41, 5.74) is 0.365. The molecule has 3 aliphatic heterocycles. The summed E-state index contributed by atoms with van der Waals surface area (Å²) in [5.74, 6) is -0.192. The molecule has 27 heavy (non-hydrogen) atoms. The SMILES string of the molecule is O=C(CN1CCCC1)N1CCN(C2CCN(c3ccccc3F)C2=O)CC1. The summed E-state index contributed by atoms with van der Waals surface area (Å²) in [5, 5.41) is 0. The number of hydrogen-bond acceptors (Lipinski definition) is 4. The van der Waals surface area contributed by atoms with Crippen LogP contribution in [0.25, 0.3) is 0 Å². The number of likely N-dealkylation sites (tertiary alicyclic amines) is 1. The molecule has 0 aliphatic carbocycles. The highest BCUT2D eigenvalue weighted by atomic mass is 19.1. The molecule has 1 unspecified atom stereocenters. The van der Waals surface area contributed by atoms with Crippen LogP contribution in [0.4, 0.5) is 10.1 Å². The smallest absolute Gasteiger partial charge is 0.244 e. The van der Waals surface area contributed by atoms with Gasteiger partial charge in [0.2, 0.25) is 11.8 Å². The molecule has 0 N–H and O–H groups in total. The van der Waals surface area contributed by atoms with Gasteiger partial charge in [-0.2, -0.15) is 0 Å². The number of anilines is 1. The molecule has 3 fully saturated rings. The molecule has 0 saturated carbocycles. The number of piperazine rings is 1. The summed E-state index contributed by atoms with van der Waals surface area (Å²) >= 11 is 0. The van der Waals surface area contributed by atoms with Crippen molar-refractivity contribution in [1.29, 1.82) is 0 Å². The van der Waals surface area contributed by atoms with E-state index in [0.717, 1.165) is 13.1 Å². The van der Waals surface area contributed by atoms with Crippen LogP contribution in [0.2, 0.25) is 0 Å². The number of para-hydroxylation sites is 1. The van der Waals surface area contributed by atoms with Gasteiger partial charge in [0.05, 0.1) is 18.3 Å². The molecule has 1 aromatic rings. The van der Waals surface area contributed by atoms with Crippen molar-refractivity contribution in [3.05, 3.63) is 30.1 Å². The fraction of sp³-hybridized carbons (Fsp3) is 0.600. The van der Waals surface area contributed by atoms with Gasteiger partial charge in [0.1, 0.15) is 5.82 Å². The van der Waals surface area contributed by atoms with Gasteiger partial charge in [-0.15, -0.1) is 0 Å². The molecule has 0 bridgehead atoms. The van der Waals surface area contributed by atoms with Crippen molar-refractivity contribution in [2.75, 3.05) is 57.3 Å². The predicted octanol–water partition coefficient (Wildman–Crippen LogP) is 1.17. The van der Waals surface area contributed by atoms with Crippen LogP contribution in [-0.4, -0.2) is 84.9 Å². The molecule has 4 rings (SSSR count). The Morgan fingerprint density at radius 1 is 1.00 bits per heavy atom. The lowest BCUT2D eigenvalue weighted by atomic mass is 10.1. The van der Waals surface area contributed by atoms with Gasteiger partial charge in [-0.05, 0) is 44.5 Å². The Kier molecular flexibility index (Phi) is 5.41. The van der Waals surface area contributed by atoms with E-state index in [0.29, 0.717) is 51.4 Å². The average molecular weight is 374 g/mol. The molecule has 2 amide bonds. The second-order valence-corrected chi connectivity index (χ2v) is 7.65. The predicted molar refractivity (Wildman–Crippen MR) is 101 cm³/mol. The van der Waals surface area contributed by atoms with E-state index in [1.165, 1.54) is 18.9 Å². The Morgan fingerprint density at radius 3 is 2.41 bits per heavy atom. The van der Waals surface area contributed by atoms with E-state index in [2.05, 4.69) is 9.80 Å². The molecule has 0 spiro atoms. The summed E-state index contributed by atoms with van der Waals surface area (Å²) in [6.07, 6.45) is 3.07. The quantitative estimate of drug-likeness (QED) is 0.794. The van der Waals surface area contributed by atoms with E-state index in [9.17, 15) is 14.0 Å². The third-order valence-corrected chi connectivity index (χ3v) is 5.99. The minimum absolute atomic E-state index is 0.0306. The van der Waals surface area contributed by atoms with E-state index in [1.54, 1.807) is 23.1 Å². The van der Waals surface area contributed by atoms with E-state index in [-0.39, 0.29) is 23.7 Å². The Labute approximate surface area is 159 Å². The van der Waals surface area contributed by atoms with E-state index in [4.69, 9.17) is 0 Å². The molecule has 3 heterocycles. The van der Waals surface area contributed by atoms with E-state index in [1.807, 2.05) is 4.90 Å². The first-order chi connectivity index (χ1) is 13.1. The van der Waals surface area contributed by atoms with E-state index < -0.39 is 0 Å². The number of rotatable bonds is 4. The lowest BCUT2D eigenvalue weighted by molar-refractivity contribution is -0.134. The molecule has 146 valence electrons. The van der Waals surface area contributed by atoms with Crippen LogP contribution in [0.15, 0.2) is 24.3 Å². The maximum atomic E-state index is 14.0. The zero-order valence-corrected chi connectivity index (χ0v) is 15.6. The molecular formula is C20H27FN4O2. The van der Waals surface area contributed by atoms with Crippen LogP contribution in [0.5, 0.6) is 0 Å². The molecule has 0 radical (unpaired) electrons. The van der Waals surface area contributed by atoms with Crippen LogP contribution in [0, 0.1) is 5.82 Å². The molecule has 0 aromatic heterocycles. The summed E-state index contributed by atoms with van der Waals surface area (Å²) < 4.78 is 14.0. The fourth-order valence-corrected chi connectivity index (χ4v) is 4.43. The minimum Gasteiger partial charge on any atom is -0.339 e. The second-order valence-electron chi connectivity index (χ2n) is 7.65. The number of carbonyl (C=O) groups excluding carboxylic acids is 2. The van der Waals surface area contributed by atoms with Crippen molar-refractivity contribution in [2.45, 2.75) is 25.3 Å². The largest absolute Gasteiger partial charge is 0.339 e. The van der Waals surface area contributed by atoms with Gasteiger partial charge in [-0.1, -0.05) is 12.1 Å². The monoisotopic (exact) mass is 374 g/mol. The van der Waals surface area contributed by atoms with Crippen molar-refractivity contribution in [1.82, 2.24) is 14.7 Å². The van der Waals surface area contributed by atoms with Gasteiger partial charge in [0, 0.05) is 32.7 Å². The van der Waals surface area contributed by atoms with Gasteiger partial charge >= 0.3 is 0 Å². The third-order valence-electron chi connectivity index (χ3n) is 5.99. The van der Waals surface area contributed by atoms with Crippen molar-refractivity contribution >= 4 is 17.5 Å². The number of hydrogen-bond donors (Lipinski definition) is 0. The van der Waals surface area contributed by atoms with E-state index >= 15 is 0 Å². The molecule has 7 heteroatoms. The van der Waals surface area contributed by atoms with Crippen molar-refractivity contribution in [2.24, 2.45) is 0 Å². The number of halogens is 1. The van der Waals surface area contributed by atoms with Crippen LogP contribution in [0.1, 0.15) is 19.3 Å². The summed E-state index contributed by atoms with van der Waals surface area (Å²) in [7, 11) is 0. The van der Waals surface area contributed by atoms with Crippen molar-refractivity contribution < 1.29 is 14.0 Å². The van der Waals surface area contributed by atoms with Crippen molar-refractivity contribution in [3.8, 4) is 0 Å². The molecule has 1 aromatic carbocycles. The lowest BCUT2D eigenvalue weighted by Gasteiger charge is -2.37. The maximum absolute atomic E-state index is 14.0. The number of amides is 2. The second kappa shape index (κ2) is 7.94. The summed E-state index contributed by atoms with van der Waals surface area (Å²) in [6.45, 7) is 5.83. The van der Waals surface area contributed by atoms with Crippen LogP contribution in [-0.2, 0) is 9.59 Å². The average Bonchev–Trinajstić information content (AvgIpc) is 3.32. The first-order valence-corrected chi connectivity index (χ1v) is 9.93. The molecule has 6 nitrogen and oxygen atoms in total. The van der Waals surface area contributed by atoms with Crippen LogP contribution >= 0.6 is 0 Å². The molecule has 3 aliphatic rings. The molecule has 1 atom stereocenters. The third kappa shape index (κ3) is 3.84. The fourth-order valence-electron chi connectivity index (χ4n) is 4.43.